The predicted molar refractivity (Wildman–Crippen MR) is 103 cm³/mol. The zero-order valence-electron chi connectivity index (χ0n) is 15.2. The maximum atomic E-state index is 13.0. The van der Waals surface area contributed by atoms with Crippen molar-refractivity contribution in [2.45, 2.75) is 57.2 Å². The third-order valence-corrected chi connectivity index (χ3v) is 7.65. The average molecular weight is 400 g/mol. The summed E-state index contributed by atoms with van der Waals surface area (Å²) in [7, 11) is -3.00. The summed E-state index contributed by atoms with van der Waals surface area (Å²) in [5, 5.41) is 2.73. The van der Waals surface area contributed by atoms with E-state index in [1.807, 2.05) is 34.5 Å². The van der Waals surface area contributed by atoms with Crippen LogP contribution in [-0.4, -0.2) is 49.4 Å². The van der Waals surface area contributed by atoms with Crippen LogP contribution in [0.2, 0.25) is 5.02 Å². The van der Waals surface area contributed by atoms with Crippen LogP contribution in [0.4, 0.5) is 0 Å². The molecule has 0 unspecified atom stereocenters. The first-order valence-electron chi connectivity index (χ1n) is 9.46. The first-order chi connectivity index (χ1) is 12.4. The number of nitrogens with two attached hydrogens (primary N) is 1. The van der Waals surface area contributed by atoms with Gasteiger partial charge in [-0.15, -0.1) is 0 Å². The lowest BCUT2D eigenvalue weighted by Crippen LogP contribution is -2.87. The molecular weight excluding hydrogens is 372 g/mol. The fourth-order valence-corrected chi connectivity index (χ4v) is 6.01. The van der Waals surface area contributed by atoms with E-state index in [9.17, 15) is 13.2 Å². The summed E-state index contributed by atoms with van der Waals surface area (Å²) < 4.78 is 23.8. The van der Waals surface area contributed by atoms with Crippen LogP contribution in [0.3, 0.4) is 0 Å². The van der Waals surface area contributed by atoms with Gasteiger partial charge < -0.3 is 10.2 Å². The van der Waals surface area contributed by atoms with Crippen molar-refractivity contribution in [3.63, 3.8) is 0 Å². The van der Waals surface area contributed by atoms with Crippen molar-refractivity contribution in [2.75, 3.05) is 18.1 Å². The molecule has 2 N–H and O–H groups in total. The number of rotatable bonds is 6. The van der Waals surface area contributed by atoms with Crippen molar-refractivity contribution in [3.8, 4) is 0 Å². The fraction of sp³-hybridized carbons (Fsp3) is 0.632. The molecule has 7 heteroatoms. The molecule has 1 saturated heterocycles. The van der Waals surface area contributed by atoms with E-state index in [4.69, 9.17) is 11.6 Å². The molecule has 1 aliphatic heterocycles. The molecule has 0 aromatic heterocycles. The summed E-state index contributed by atoms with van der Waals surface area (Å²) in [4.78, 5) is 14.9. The largest absolute Gasteiger partial charge is 0.333 e. The number of hydrogen-bond donors (Lipinski definition) is 1. The van der Waals surface area contributed by atoms with Gasteiger partial charge >= 0.3 is 0 Å². The molecule has 1 aromatic carbocycles. The normalized spacial score (nSPS) is 23.8. The Bertz CT molecular complexity index is 730. The zero-order valence-corrected chi connectivity index (χ0v) is 16.8. The van der Waals surface area contributed by atoms with Gasteiger partial charge in [0.05, 0.1) is 11.5 Å². The van der Waals surface area contributed by atoms with Gasteiger partial charge in [-0.3, -0.25) is 4.79 Å². The average Bonchev–Trinajstić information content (AvgIpc) is 3.24. The summed E-state index contributed by atoms with van der Waals surface area (Å²) >= 11 is 5.93. The minimum absolute atomic E-state index is 0.0693. The van der Waals surface area contributed by atoms with Crippen molar-refractivity contribution in [3.05, 3.63) is 34.9 Å². The Morgan fingerprint density at radius 3 is 2.42 bits per heavy atom. The second-order valence-corrected chi connectivity index (χ2v) is 10.2. The molecule has 2 aliphatic rings. The predicted octanol–water partition coefficient (Wildman–Crippen LogP) is 1.92. The van der Waals surface area contributed by atoms with E-state index < -0.39 is 9.84 Å². The van der Waals surface area contributed by atoms with E-state index in [0.717, 1.165) is 31.2 Å². The van der Waals surface area contributed by atoms with Gasteiger partial charge in [-0.25, -0.2) is 8.42 Å². The van der Waals surface area contributed by atoms with Crippen molar-refractivity contribution < 1.29 is 18.5 Å². The lowest BCUT2D eigenvalue weighted by molar-refractivity contribution is -0.683. The molecule has 26 heavy (non-hydrogen) atoms. The molecule has 0 spiro atoms. The number of nitrogens with zero attached hydrogens (tertiary/aromatic N) is 1. The van der Waals surface area contributed by atoms with Crippen LogP contribution in [0, 0.1) is 0 Å². The summed E-state index contributed by atoms with van der Waals surface area (Å²) in [5.74, 6) is 0.404. The van der Waals surface area contributed by atoms with Crippen LogP contribution >= 0.6 is 11.6 Å². The lowest BCUT2D eigenvalue weighted by Gasteiger charge is -2.33. The highest BCUT2D eigenvalue weighted by Gasteiger charge is 2.39. The van der Waals surface area contributed by atoms with Crippen molar-refractivity contribution >= 4 is 27.3 Å². The molecule has 1 amide bonds. The van der Waals surface area contributed by atoms with Gasteiger partial charge in [0, 0.05) is 22.7 Å². The third kappa shape index (κ3) is 4.78. The van der Waals surface area contributed by atoms with Crippen LogP contribution in [0.15, 0.2) is 24.3 Å². The SMILES string of the molecule is C[C@H]([NH2+]CC(=O)N(C1CCCC1)[C@H]1CCS(=O)(=O)C1)c1ccc(Cl)cc1. The highest BCUT2D eigenvalue weighted by molar-refractivity contribution is 7.91. The lowest BCUT2D eigenvalue weighted by atomic mass is 10.1. The fourth-order valence-electron chi connectivity index (χ4n) is 4.17. The first-order valence-corrected chi connectivity index (χ1v) is 11.7. The van der Waals surface area contributed by atoms with E-state index >= 15 is 0 Å². The molecule has 1 aliphatic carbocycles. The molecule has 5 nitrogen and oxygen atoms in total. The molecule has 0 bridgehead atoms. The molecule has 3 rings (SSSR count). The zero-order chi connectivity index (χ0) is 18.7. The maximum absolute atomic E-state index is 13.0. The van der Waals surface area contributed by atoms with Gasteiger partial charge in [-0.2, -0.15) is 0 Å². The van der Waals surface area contributed by atoms with Crippen LogP contribution in [0.25, 0.3) is 0 Å². The Morgan fingerprint density at radius 1 is 1.19 bits per heavy atom. The number of carbonyl (C=O) groups excluding carboxylic acids is 1. The van der Waals surface area contributed by atoms with E-state index in [1.54, 1.807) is 0 Å². The van der Waals surface area contributed by atoms with Gasteiger partial charge in [-0.1, -0.05) is 36.6 Å². The number of halogens is 1. The number of benzene rings is 1. The highest BCUT2D eigenvalue weighted by atomic mass is 35.5. The van der Waals surface area contributed by atoms with Crippen molar-refractivity contribution in [1.29, 1.82) is 0 Å². The molecule has 1 aromatic rings. The van der Waals surface area contributed by atoms with Crippen molar-refractivity contribution in [1.82, 2.24) is 4.90 Å². The van der Waals surface area contributed by atoms with Crippen LogP contribution in [-0.2, 0) is 14.6 Å². The molecule has 1 heterocycles. The Labute approximate surface area is 161 Å². The quantitative estimate of drug-likeness (QED) is 0.794. The van der Waals surface area contributed by atoms with Gasteiger partial charge in [0.1, 0.15) is 6.04 Å². The van der Waals surface area contributed by atoms with E-state index in [0.29, 0.717) is 18.0 Å². The minimum atomic E-state index is -3.00. The topological polar surface area (TPSA) is 71.1 Å². The monoisotopic (exact) mass is 399 g/mol. The van der Waals surface area contributed by atoms with Crippen LogP contribution in [0.5, 0.6) is 0 Å². The van der Waals surface area contributed by atoms with Gasteiger partial charge in [0.25, 0.3) is 5.91 Å². The van der Waals surface area contributed by atoms with Gasteiger partial charge in [0.15, 0.2) is 16.4 Å². The standard InChI is InChI=1S/C19H27ClN2O3S/c1-14(15-6-8-16(20)9-7-15)21-12-19(23)22(17-4-2-3-5-17)18-10-11-26(24,25)13-18/h6-9,14,17-18,21H,2-5,10-13H2,1H3/p+1/t14-,18-/m0/s1. The van der Waals surface area contributed by atoms with E-state index in [2.05, 4.69) is 6.92 Å². The summed E-state index contributed by atoms with van der Waals surface area (Å²) in [6.07, 6.45) is 4.82. The summed E-state index contributed by atoms with van der Waals surface area (Å²) in [5.41, 5.74) is 1.12. The number of carbonyl (C=O) groups is 1. The third-order valence-electron chi connectivity index (χ3n) is 5.65. The Kier molecular flexibility index (Phi) is 6.25. The molecule has 1 saturated carbocycles. The van der Waals surface area contributed by atoms with Crippen molar-refractivity contribution in [2.24, 2.45) is 0 Å². The first kappa shape index (κ1) is 19.6. The minimum Gasteiger partial charge on any atom is -0.333 e. The summed E-state index contributed by atoms with van der Waals surface area (Å²) in [6.45, 7) is 2.41. The molecule has 144 valence electrons. The Hall–Kier alpha value is -1.11. The second kappa shape index (κ2) is 8.28. The summed E-state index contributed by atoms with van der Waals surface area (Å²) in [6, 6.07) is 7.89. The highest BCUT2D eigenvalue weighted by Crippen LogP contribution is 2.29. The van der Waals surface area contributed by atoms with Crippen LogP contribution < -0.4 is 5.32 Å². The van der Waals surface area contributed by atoms with Gasteiger partial charge in [-0.05, 0) is 38.3 Å². The maximum Gasteiger partial charge on any atom is 0.278 e. The molecular formula is C19H28ClN2O3S+. The molecule has 2 atom stereocenters. The second-order valence-electron chi connectivity index (χ2n) is 7.58. The van der Waals surface area contributed by atoms with E-state index in [-0.39, 0.29) is 35.5 Å². The molecule has 0 radical (unpaired) electrons. The van der Waals surface area contributed by atoms with Gasteiger partial charge in [0.2, 0.25) is 0 Å². The number of amides is 1. The Morgan fingerprint density at radius 2 is 1.85 bits per heavy atom. The Balaban J connectivity index is 1.64. The van der Waals surface area contributed by atoms with Crippen LogP contribution in [0.1, 0.15) is 50.6 Å². The molecule has 2 fully saturated rings. The smallest absolute Gasteiger partial charge is 0.278 e. The number of quaternary nitrogens is 1. The number of sulfone groups is 1. The van der Waals surface area contributed by atoms with E-state index in [1.165, 1.54) is 0 Å². The number of hydrogen-bond acceptors (Lipinski definition) is 3.